The summed E-state index contributed by atoms with van der Waals surface area (Å²) in [6.07, 6.45) is 1.43. The summed E-state index contributed by atoms with van der Waals surface area (Å²) in [6.45, 7) is 5.97. The van der Waals surface area contributed by atoms with Crippen LogP contribution in [0.4, 0.5) is 14.5 Å². The smallest absolute Gasteiger partial charge is 0.331 e. The Bertz CT molecular complexity index is 930. The van der Waals surface area contributed by atoms with Crippen molar-refractivity contribution in [3.63, 3.8) is 0 Å². The first kappa shape index (κ1) is 22.9. The molecule has 160 valence electrons. The molecule has 1 N–H and O–H groups in total. The van der Waals surface area contributed by atoms with Crippen LogP contribution in [0.1, 0.15) is 26.3 Å². The van der Waals surface area contributed by atoms with E-state index in [9.17, 15) is 18.4 Å². The molecule has 0 aliphatic heterocycles. The van der Waals surface area contributed by atoms with E-state index in [4.69, 9.17) is 14.2 Å². The number of rotatable bonds is 9. The standard InChI is InChI=1S/C22H23F2NO5/c1-4-28-19-10-6-15(12-20(19)29-5-2)7-11-21(26)30-14(3)22(27)25-18-13-16(23)8-9-17(18)24/h6-14H,4-5H2,1-3H3,(H,25,27)/b11-7+/t14-/m0/s1. The van der Waals surface area contributed by atoms with Crippen LogP contribution < -0.4 is 14.8 Å². The fourth-order valence-electron chi connectivity index (χ4n) is 2.43. The van der Waals surface area contributed by atoms with Crippen molar-refractivity contribution in [3.05, 3.63) is 59.7 Å². The molecule has 2 aromatic rings. The van der Waals surface area contributed by atoms with Gasteiger partial charge in [0.05, 0.1) is 18.9 Å². The highest BCUT2D eigenvalue weighted by molar-refractivity contribution is 5.96. The molecule has 0 saturated carbocycles. The second-order valence-corrected chi connectivity index (χ2v) is 6.10. The van der Waals surface area contributed by atoms with Gasteiger partial charge in [0, 0.05) is 12.1 Å². The molecule has 6 nitrogen and oxygen atoms in total. The van der Waals surface area contributed by atoms with Gasteiger partial charge in [0.25, 0.3) is 5.91 Å². The van der Waals surface area contributed by atoms with Crippen LogP contribution in [0.25, 0.3) is 6.08 Å². The average Bonchev–Trinajstić information content (AvgIpc) is 2.71. The summed E-state index contributed by atoms with van der Waals surface area (Å²) in [5.74, 6) is -1.94. The Morgan fingerprint density at radius 3 is 2.43 bits per heavy atom. The third-order valence-corrected chi connectivity index (χ3v) is 3.83. The van der Waals surface area contributed by atoms with Crippen molar-refractivity contribution in [2.24, 2.45) is 0 Å². The van der Waals surface area contributed by atoms with Crippen LogP contribution in [-0.4, -0.2) is 31.2 Å². The van der Waals surface area contributed by atoms with Gasteiger partial charge in [0.1, 0.15) is 11.6 Å². The third-order valence-electron chi connectivity index (χ3n) is 3.83. The molecule has 8 heteroatoms. The first-order chi connectivity index (χ1) is 14.3. The minimum absolute atomic E-state index is 0.337. The van der Waals surface area contributed by atoms with Crippen LogP contribution in [0.15, 0.2) is 42.5 Å². The summed E-state index contributed by atoms with van der Waals surface area (Å²) in [5.41, 5.74) is 0.328. The van der Waals surface area contributed by atoms with E-state index in [0.717, 1.165) is 24.3 Å². The predicted molar refractivity (Wildman–Crippen MR) is 108 cm³/mol. The summed E-state index contributed by atoms with van der Waals surface area (Å²) < 4.78 is 42.8. The van der Waals surface area contributed by atoms with E-state index in [1.807, 2.05) is 13.8 Å². The van der Waals surface area contributed by atoms with Crippen molar-refractivity contribution < 1.29 is 32.6 Å². The van der Waals surface area contributed by atoms with Crippen molar-refractivity contribution >= 4 is 23.6 Å². The maximum atomic E-state index is 13.6. The average molecular weight is 419 g/mol. The van der Waals surface area contributed by atoms with Crippen molar-refractivity contribution in [2.75, 3.05) is 18.5 Å². The lowest BCUT2D eigenvalue weighted by molar-refractivity contribution is -0.148. The number of carbonyl (C=O) groups excluding carboxylic acids is 2. The molecule has 0 unspecified atom stereocenters. The summed E-state index contributed by atoms with van der Waals surface area (Å²) in [6, 6.07) is 7.82. The molecular weight excluding hydrogens is 396 g/mol. The van der Waals surface area contributed by atoms with Crippen LogP contribution in [-0.2, 0) is 14.3 Å². The van der Waals surface area contributed by atoms with E-state index >= 15 is 0 Å². The highest BCUT2D eigenvalue weighted by Gasteiger charge is 2.18. The van der Waals surface area contributed by atoms with Gasteiger partial charge in [-0.15, -0.1) is 0 Å². The second-order valence-electron chi connectivity index (χ2n) is 6.10. The van der Waals surface area contributed by atoms with Gasteiger partial charge >= 0.3 is 5.97 Å². The Morgan fingerprint density at radius 1 is 1.03 bits per heavy atom. The topological polar surface area (TPSA) is 73.9 Å². The SMILES string of the molecule is CCOc1ccc(/C=C/C(=O)O[C@@H](C)C(=O)Nc2cc(F)ccc2F)cc1OCC. The van der Waals surface area contributed by atoms with Crippen molar-refractivity contribution in [1.82, 2.24) is 0 Å². The van der Waals surface area contributed by atoms with E-state index in [-0.39, 0.29) is 5.69 Å². The number of esters is 1. The lowest BCUT2D eigenvalue weighted by atomic mass is 10.2. The van der Waals surface area contributed by atoms with Gasteiger partial charge in [0.15, 0.2) is 17.6 Å². The Balaban J connectivity index is 1.98. The molecule has 30 heavy (non-hydrogen) atoms. The van der Waals surface area contributed by atoms with Crippen molar-refractivity contribution in [2.45, 2.75) is 26.9 Å². The van der Waals surface area contributed by atoms with E-state index in [1.54, 1.807) is 18.2 Å². The van der Waals surface area contributed by atoms with Crippen LogP contribution >= 0.6 is 0 Å². The van der Waals surface area contributed by atoms with Gasteiger partial charge in [-0.2, -0.15) is 0 Å². The molecule has 1 amide bonds. The van der Waals surface area contributed by atoms with Gasteiger partial charge in [0.2, 0.25) is 0 Å². The molecule has 0 spiro atoms. The van der Waals surface area contributed by atoms with Gasteiger partial charge in [-0.3, -0.25) is 4.79 Å². The van der Waals surface area contributed by atoms with Crippen molar-refractivity contribution in [3.8, 4) is 11.5 Å². The molecule has 0 aliphatic rings. The summed E-state index contributed by atoms with van der Waals surface area (Å²) >= 11 is 0. The molecule has 2 rings (SSSR count). The van der Waals surface area contributed by atoms with Gasteiger partial charge in [-0.25, -0.2) is 13.6 Å². The summed E-state index contributed by atoms with van der Waals surface area (Å²) in [5, 5.41) is 2.18. The number of hydrogen-bond donors (Lipinski definition) is 1. The zero-order chi connectivity index (χ0) is 22.1. The van der Waals surface area contributed by atoms with E-state index in [0.29, 0.717) is 30.3 Å². The fraction of sp³-hybridized carbons (Fsp3) is 0.273. The highest BCUT2D eigenvalue weighted by Crippen LogP contribution is 2.29. The van der Waals surface area contributed by atoms with Crippen LogP contribution in [0.2, 0.25) is 0 Å². The number of amides is 1. The fourth-order valence-corrected chi connectivity index (χ4v) is 2.43. The minimum atomic E-state index is -1.22. The molecule has 0 fully saturated rings. The Labute approximate surface area is 173 Å². The predicted octanol–water partition coefficient (Wildman–Crippen LogP) is 4.35. The number of benzene rings is 2. The summed E-state index contributed by atoms with van der Waals surface area (Å²) in [7, 11) is 0. The number of nitrogens with one attached hydrogen (secondary N) is 1. The highest BCUT2D eigenvalue weighted by atomic mass is 19.1. The minimum Gasteiger partial charge on any atom is -0.490 e. The molecule has 0 heterocycles. The molecule has 1 atom stereocenters. The first-order valence-electron chi connectivity index (χ1n) is 9.38. The molecule has 0 aliphatic carbocycles. The number of carbonyl (C=O) groups is 2. The molecule has 2 aromatic carbocycles. The maximum absolute atomic E-state index is 13.6. The number of hydrogen-bond acceptors (Lipinski definition) is 5. The Hall–Kier alpha value is -3.42. The van der Waals surface area contributed by atoms with Crippen LogP contribution in [0.3, 0.4) is 0 Å². The van der Waals surface area contributed by atoms with Crippen molar-refractivity contribution in [1.29, 1.82) is 0 Å². The van der Waals surface area contributed by atoms with Gasteiger partial charge in [-0.1, -0.05) is 6.07 Å². The first-order valence-corrected chi connectivity index (χ1v) is 9.38. The number of halogens is 2. The monoisotopic (exact) mass is 419 g/mol. The second kappa shape index (κ2) is 10.9. The molecule has 0 aromatic heterocycles. The lowest BCUT2D eigenvalue weighted by Crippen LogP contribution is -2.29. The Kier molecular flexibility index (Phi) is 8.34. The molecule has 0 radical (unpaired) electrons. The molecular formula is C22H23F2NO5. The molecule has 0 bridgehead atoms. The maximum Gasteiger partial charge on any atom is 0.331 e. The van der Waals surface area contributed by atoms with Crippen LogP contribution in [0, 0.1) is 11.6 Å². The zero-order valence-electron chi connectivity index (χ0n) is 16.9. The van der Waals surface area contributed by atoms with E-state index < -0.39 is 29.6 Å². The van der Waals surface area contributed by atoms with Gasteiger partial charge in [-0.05, 0) is 56.7 Å². The normalized spacial score (nSPS) is 11.8. The lowest BCUT2D eigenvalue weighted by Gasteiger charge is -2.13. The summed E-state index contributed by atoms with van der Waals surface area (Å²) in [4.78, 5) is 24.1. The quantitative estimate of drug-likeness (QED) is 0.483. The zero-order valence-corrected chi connectivity index (χ0v) is 16.9. The van der Waals surface area contributed by atoms with Gasteiger partial charge < -0.3 is 19.5 Å². The van der Waals surface area contributed by atoms with E-state index in [2.05, 4.69) is 5.32 Å². The number of ether oxygens (including phenoxy) is 3. The Morgan fingerprint density at radius 2 is 1.73 bits per heavy atom. The van der Waals surface area contributed by atoms with E-state index in [1.165, 1.54) is 13.0 Å². The van der Waals surface area contributed by atoms with Crippen LogP contribution in [0.5, 0.6) is 11.5 Å². The largest absolute Gasteiger partial charge is 0.490 e. The third kappa shape index (κ3) is 6.58. The molecule has 0 saturated heterocycles. The number of anilines is 1.